The number of carbonyl (C=O) groups excluding carboxylic acids is 1. The van der Waals surface area contributed by atoms with Gasteiger partial charge in [0.15, 0.2) is 21.9 Å². The predicted molar refractivity (Wildman–Crippen MR) is 118 cm³/mol. The fourth-order valence-corrected chi connectivity index (χ4v) is 4.58. The molecule has 0 bridgehead atoms. The Bertz CT molecular complexity index is 1000. The SMILES string of the molecule is COc1ccccc1OC(C)C(=O)Nc1nnc(SCc2ccc(Cl)cc2Cl)s1. The summed E-state index contributed by atoms with van der Waals surface area (Å²) in [5.41, 5.74) is 0.945. The summed E-state index contributed by atoms with van der Waals surface area (Å²) in [6.07, 6.45) is -0.737. The van der Waals surface area contributed by atoms with E-state index in [4.69, 9.17) is 32.7 Å². The Morgan fingerprint density at radius 1 is 1.21 bits per heavy atom. The Balaban J connectivity index is 1.55. The van der Waals surface area contributed by atoms with Crippen LogP contribution in [-0.4, -0.2) is 29.3 Å². The minimum atomic E-state index is -0.737. The summed E-state index contributed by atoms with van der Waals surface area (Å²) in [6, 6.07) is 12.5. The largest absolute Gasteiger partial charge is 0.493 e. The highest BCUT2D eigenvalue weighted by molar-refractivity contribution is 8.00. The molecule has 10 heteroatoms. The maximum atomic E-state index is 12.4. The minimum absolute atomic E-state index is 0.329. The second-order valence-corrected chi connectivity index (χ2v) is 8.84. The summed E-state index contributed by atoms with van der Waals surface area (Å²) in [5, 5.41) is 12.4. The van der Waals surface area contributed by atoms with E-state index in [1.165, 1.54) is 23.1 Å². The van der Waals surface area contributed by atoms with Gasteiger partial charge in [-0.2, -0.15) is 0 Å². The molecule has 3 aromatic rings. The third-order valence-corrected chi connectivity index (χ3v) is 6.35. The number of halogens is 2. The van der Waals surface area contributed by atoms with Gasteiger partial charge >= 0.3 is 0 Å². The maximum Gasteiger partial charge on any atom is 0.266 e. The molecule has 0 spiro atoms. The first-order valence-electron chi connectivity index (χ1n) is 8.47. The van der Waals surface area contributed by atoms with E-state index in [9.17, 15) is 4.79 Å². The van der Waals surface area contributed by atoms with Gasteiger partial charge in [0.05, 0.1) is 7.11 Å². The molecular weight excluding hydrogens is 453 g/mol. The molecule has 0 radical (unpaired) electrons. The van der Waals surface area contributed by atoms with Crippen LogP contribution in [0.25, 0.3) is 0 Å². The summed E-state index contributed by atoms with van der Waals surface area (Å²) >= 11 is 14.8. The predicted octanol–water partition coefficient (Wildman–Crippen LogP) is 5.55. The van der Waals surface area contributed by atoms with Crippen molar-refractivity contribution in [2.24, 2.45) is 0 Å². The quantitative estimate of drug-likeness (QED) is 0.344. The fourth-order valence-electron chi connectivity index (χ4n) is 2.26. The Kier molecular flexibility index (Phi) is 7.60. The molecule has 0 aliphatic rings. The lowest BCUT2D eigenvalue weighted by Crippen LogP contribution is -2.30. The Labute approximate surface area is 186 Å². The van der Waals surface area contributed by atoms with E-state index in [1.54, 1.807) is 38.3 Å². The number of para-hydroxylation sites is 2. The van der Waals surface area contributed by atoms with Gasteiger partial charge in [0.25, 0.3) is 5.91 Å². The van der Waals surface area contributed by atoms with Crippen LogP contribution in [-0.2, 0) is 10.5 Å². The summed E-state index contributed by atoms with van der Waals surface area (Å²) in [6.45, 7) is 1.65. The highest BCUT2D eigenvalue weighted by Gasteiger charge is 2.18. The average molecular weight is 470 g/mol. The van der Waals surface area contributed by atoms with Crippen molar-refractivity contribution in [3.8, 4) is 11.5 Å². The van der Waals surface area contributed by atoms with Crippen LogP contribution in [0.4, 0.5) is 5.13 Å². The van der Waals surface area contributed by atoms with Crippen LogP contribution >= 0.6 is 46.3 Å². The molecule has 0 aliphatic carbocycles. The molecule has 1 unspecified atom stereocenters. The molecule has 6 nitrogen and oxygen atoms in total. The highest BCUT2D eigenvalue weighted by Crippen LogP contribution is 2.32. The molecule has 2 aromatic carbocycles. The zero-order chi connectivity index (χ0) is 20.8. The topological polar surface area (TPSA) is 73.3 Å². The van der Waals surface area contributed by atoms with Crippen molar-refractivity contribution in [2.45, 2.75) is 23.1 Å². The number of methoxy groups -OCH3 is 1. The van der Waals surface area contributed by atoms with Gasteiger partial charge in [-0.25, -0.2) is 0 Å². The van der Waals surface area contributed by atoms with Gasteiger partial charge in [0.2, 0.25) is 5.13 Å². The summed E-state index contributed by atoms with van der Waals surface area (Å²) in [7, 11) is 1.55. The third kappa shape index (κ3) is 5.99. The molecule has 3 rings (SSSR count). The molecule has 0 saturated carbocycles. The molecule has 0 saturated heterocycles. The monoisotopic (exact) mass is 469 g/mol. The van der Waals surface area contributed by atoms with Gasteiger partial charge in [0.1, 0.15) is 0 Å². The van der Waals surface area contributed by atoms with E-state index < -0.39 is 6.10 Å². The molecule has 0 fully saturated rings. The molecule has 0 aliphatic heterocycles. The van der Waals surface area contributed by atoms with Gasteiger partial charge in [-0.05, 0) is 36.8 Å². The van der Waals surface area contributed by atoms with Crippen molar-refractivity contribution in [1.29, 1.82) is 0 Å². The Hall–Kier alpha value is -2.00. The first kappa shape index (κ1) is 21.7. The van der Waals surface area contributed by atoms with Crippen LogP contribution in [0.3, 0.4) is 0 Å². The lowest BCUT2D eigenvalue weighted by atomic mass is 10.2. The second-order valence-electron chi connectivity index (χ2n) is 5.80. The van der Waals surface area contributed by atoms with E-state index >= 15 is 0 Å². The number of nitrogens with zero attached hydrogens (tertiary/aromatic N) is 2. The van der Waals surface area contributed by atoms with Crippen molar-refractivity contribution < 1.29 is 14.3 Å². The van der Waals surface area contributed by atoms with Gasteiger partial charge in [-0.1, -0.05) is 64.5 Å². The smallest absolute Gasteiger partial charge is 0.266 e. The molecule has 29 heavy (non-hydrogen) atoms. The van der Waals surface area contributed by atoms with Crippen molar-refractivity contribution in [2.75, 3.05) is 12.4 Å². The van der Waals surface area contributed by atoms with Crippen LogP contribution in [0.2, 0.25) is 10.0 Å². The molecule has 152 valence electrons. The van der Waals surface area contributed by atoms with E-state index in [1.807, 2.05) is 18.2 Å². The number of amides is 1. The lowest BCUT2D eigenvalue weighted by Gasteiger charge is -2.15. The number of hydrogen-bond donors (Lipinski definition) is 1. The Morgan fingerprint density at radius 2 is 1.97 bits per heavy atom. The second kappa shape index (κ2) is 10.2. The van der Waals surface area contributed by atoms with Crippen molar-refractivity contribution in [3.05, 3.63) is 58.1 Å². The van der Waals surface area contributed by atoms with Crippen LogP contribution in [0.5, 0.6) is 11.5 Å². The third-order valence-electron chi connectivity index (χ3n) is 3.74. The zero-order valence-corrected chi connectivity index (χ0v) is 18.7. The number of nitrogens with one attached hydrogen (secondary N) is 1. The molecular formula is C19H17Cl2N3O3S2. The van der Waals surface area contributed by atoms with E-state index in [0.29, 0.717) is 36.8 Å². The number of carbonyl (C=O) groups is 1. The van der Waals surface area contributed by atoms with Crippen LogP contribution in [0.1, 0.15) is 12.5 Å². The average Bonchev–Trinajstić information content (AvgIpc) is 3.15. The summed E-state index contributed by atoms with van der Waals surface area (Å²) in [5.74, 6) is 1.34. The summed E-state index contributed by atoms with van der Waals surface area (Å²) < 4.78 is 11.6. The zero-order valence-electron chi connectivity index (χ0n) is 15.5. The molecule has 1 amide bonds. The first-order chi connectivity index (χ1) is 14.0. The van der Waals surface area contributed by atoms with E-state index in [-0.39, 0.29) is 5.91 Å². The van der Waals surface area contributed by atoms with Gasteiger partial charge in [-0.3, -0.25) is 10.1 Å². The van der Waals surface area contributed by atoms with Crippen LogP contribution in [0.15, 0.2) is 46.8 Å². The molecule has 1 heterocycles. The summed E-state index contributed by atoms with van der Waals surface area (Å²) in [4.78, 5) is 12.4. The number of anilines is 1. The van der Waals surface area contributed by atoms with E-state index in [2.05, 4.69) is 15.5 Å². The van der Waals surface area contributed by atoms with Crippen molar-refractivity contribution in [3.63, 3.8) is 0 Å². The number of benzene rings is 2. The number of aromatic nitrogens is 2. The maximum absolute atomic E-state index is 12.4. The fraction of sp³-hybridized carbons (Fsp3) is 0.211. The first-order valence-corrected chi connectivity index (χ1v) is 11.0. The molecule has 1 atom stereocenters. The minimum Gasteiger partial charge on any atom is -0.493 e. The normalized spacial score (nSPS) is 11.7. The Morgan fingerprint density at radius 3 is 2.69 bits per heavy atom. The van der Waals surface area contributed by atoms with Gasteiger partial charge in [0, 0.05) is 15.8 Å². The number of thioether (sulfide) groups is 1. The molecule has 1 N–H and O–H groups in total. The highest BCUT2D eigenvalue weighted by atomic mass is 35.5. The van der Waals surface area contributed by atoms with Crippen molar-refractivity contribution in [1.82, 2.24) is 10.2 Å². The molecule has 1 aromatic heterocycles. The van der Waals surface area contributed by atoms with E-state index in [0.717, 1.165) is 5.56 Å². The number of hydrogen-bond acceptors (Lipinski definition) is 7. The van der Waals surface area contributed by atoms with Crippen LogP contribution < -0.4 is 14.8 Å². The number of ether oxygens (including phenoxy) is 2. The van der Waals surface area contributed by atoms with Gasteiger partial charge in [-0.15, -0.1) is 10.2 Å². The standard InChI is InChI=1S/C19H17Cl2N3O3S2/c1-11(27-16-6-4-3-5-15(16)26-2)17(25)22-18-23-24-19(29-18)28-10-12-7-8-13(20)9-14(12)21/h3-9,11H,10H2,1-2H3,(H,22,23,25). The van der Waals surface area contributed by atoms with Gasteiger partial charge < -0.3 is 9.47 Å². The lowest BCUT2D eigenvalue weighted by molar-refractivity contribution is -0.122. The van der Waals surface area contributed by atoms with Crippen LogP contribution in [0, 0.1) is 0 Å². The van der Waals surface area contributed by atoms with Crippen molar-refractivity contribution >= 4 is 57.3 Å². The number of rotatable bonds is 8.